The second-order valence-corrected chi connectivity index (χ2v) is 4.42. The SMILES string of the molecule is COc1c(F)c(F)cc2c(=O)ccn(C3CC3)c12. The molecule has 0 unspecified atom stereocenters. The maximum absolute atomic E-state index is 13.7. The first-order valence-corrected chi connectivity index (χ1v) is 5.70. The molecule has 0 saturated heterocycles. The van der Waals surface area contributed by atoms with Crippen LogP contribution >= 0.6 is 0 Å². The van der Waals surface area contributed by atoms with Crippen molar-refractivity contribution in [3.05, 3.63) is 40.2 Å². The first kappa shape index (κ1) is 11.2. The summed E-state index contributed by atoms with van der Waals surface area (Å²) in [4.78, 5) is 11.7. The summed E-state index contributed by atoms with van der Waals surface area (Å²) in [5, 5.41) is 0.153. The van der Waals surface area contributed by atoms with E-state index in [0.717, 1.165) is 18.9 Å². The molecule has 1 aliphatic carbocycles. The van der Waals surface area contributed by atoms with E-state index in [2.05, 4.69) is 0 Å². The molecular formula is C13H11F2NO2. The number of rotatable bonds is 2. The molecule has 18 heavy (non-hydrogen) atoms. The number of ether oxygens (including phenoxy) is 1. The zero-order valence-electron chi connectivity index (χ0n) is 9.74. The summed E-state index contributed by atoms with van der Waals surface area (Å²) in [6.45, 7) is 0. The molecule has 3 nitrogen and oxygen atoms in total. The molecule has 3 rings (SSSR count). The predicted molar refractivity (Wildman–Crippen MR) is 62.9 cm³/mol. The molecule has 0 bridgehead atoms. The minimum absolute atomic E-state index is 0.153. The molecule has 1 aromatic carbocycles. The van der Waals surface area contributed by atoms with Crippen molar-refractivity contribution >= 4 is 10.9 Å². The third-order valence-corrected chi connectivity index (χ3v) is 3.20. The molecule has 5 heteroatoms. The van der Waals surface area contributed by atoms with Crippen molar-refractivity contribution in [1.29, 1.82) is 0 Å². The molecule has 2 aromatic rings. The summed E-state index contributed by atoms with van der Waals surface area (Å²) < 4.78 is 33.9. The van der Waals surface area contributed by atoms with Gasteiger partial charge in [0.15, 0.2) is 17.0 Å². The molecule has 0 radical (unpaired) electrons. The Kier molecular flexibility index (Phi) is 2.36. The fourth-order valence-corrected chi connectivity index (χ4v) is 2.19. The van der Waals surface area contributed by atoms with E-state index in [0.29, 0.717) is 5.52 Å². The number of fused-ring (bicyclic) bond motifs is 1. The van der Waals surface area contributed by atoms with Gasteiger partial charge in [-0.25, -0.2) is 4.39 Å². The van der Waals surface area contributed by atoms with Crippen LogP contribution in [0.4, 0.5) is 8.78 Å². The minimum atomic E-state index is -1.06. The van der Waals surface area contributed by atoms with Gasteiger partial charge in [-0.1, -0.05) is 0 Å². The maximum atomic E-state index is 13.7. The van der Waals surface area contributed by atoms with Crippen LogP contribution in [-0.2, 0) is 0 Å². The normalized spacial score (nSPS) is 15.1. The number of aromatic nitrogens is 1. The van der Waals surface area contributed by atoms with E-state index in [1.165, 1.54) is 13.2 Å². The van der Waals surface area contributed by atoms with Gasteiger partial charge >= 0.3 is 0 Å². The Morgan fingerprint density at radius 1 is 1.39 bits per heavy atom. The second kappa shape index (κ2) is 3.80. The Morgan fingerprint density at radius 3 is 2.72 bits per heavy atom. The summed E-state index contributed by atoms with van der Waals surface area (Å²) >= 11 is 0. The van der Waals surface area contributed by atoms with Crippen molar-refractivity contribution in [3.8, 4) is 5.75 Å². The Labute approximate surface area is 102 Å². The number of methoxy groups -OCH3 is 1. The van der Waals surface area contributed by atoms with Crippen molar-refractivity contribution < 1.29 is 13.5 Å². The van der Waals surface area contributed by atoms with Crippen LogP contribution in [0.5, 0.6) is 5.75 Å². The third-order valence-electron chi connectivity index (χ3n) is 3.20. The van der Waals surface area contributed by atoms with E-state index in [4.69, 9.17) is 4.74 Å². The molecule has 1 saturated carbocycles. The van der Waals surface area contributed by atoms with Gasteiger partial charge in [0, 0.05) is 18.3 Å². The van der Waals surface area contributed by atoms with Crippen molar-refractivity contribution in [2.45, 2.75) is 18.9 Å². The molecule has 94 valence electrons. The molecular weight excluding hydrogens is 240 g/mol. The lowest BCUT2D eigenvalue weighted by molar-refractivity contribution is 0.374. The van der Waals surface area contributed by atoms with Gasteiger partial charge in [-0.15, -0.1) is 0 Å². The Morgan fingerprint density at radius 2 is 2.11 bits per heavy atom. The lowest BCUT2D eigenvalue weighted by Gasteiger charge is -2.13. The first-order chi connectivity index (χ1) is 8.63. The molecule has 0 N–H and O–H groups in total. The van der Waals surface area contributed by atoms with Crippen molar-refractivity contribution in [2.75, 3.05) is 7.11 Å². The van der Waals surface area contributed by atoms with Crippen LogP contribution in [0.15, 0.2) is 23.1 Å². The maximum Gasteiger partial charge on any atom is 0.202 e. The lowest BCUT2D eigenvalue weighted by Crippen LogP contribution is -2.10. The van der Waals surface area contributed by atoms with E-state index in [1.54, 1.807) is 10.8 Å². The summed E-state index contributed by atoms with van der Waals surface area (Å²) in [5.41, 5.74) is 0.00509. The number of nitrogens with zero attached hydrogens (tertiary/aromatic N) is 1. The Balaban J connectivity index is 2.49. The average Bonchev–Trinajstić information content (AvgIpc) is 3.17. The number of halogens is 2. The number of hydrogen-bond acceptors (Lipinski definition) is 2. The van der Waals surface area contributed by atoms with Crippen LogP contribution < -0.4 is 10.2 Å². The summed E-state index contributed by atoms with van der Waals surface area (Å²) in [7, 11) is 1.27. The highest BCUT2D eigenvalue weighted by Crippen LogP contribution is 2.39. The zero-order valence-corrected chi connectivity index (χ0v) is 9.74. The zero-order chi connectivity index (χ0) is 12.9. The molecule has 0 spiro atoms. The van der Waals surface area contributed by atoms with Gasteiger partial charge in [0.05, 0.1) is 18.0 Å². The highest BCUT2D eigenvalue weighted by Gasteiger charge is 2.27. The van der Waals surface area contributed by atoms with Gasteiger partial charge in [-0.05, 0) is 18.9 Å². The van der Waals surface area contributed by atoms with E-state index in [1.807, 2.05) is 0 Å². The van der Waals surface area contributed by atoms with Crippen molar-refractivity contribution in [2.24, 2.45) is 0 Å². The molecule has 0 aliphatic heterocycles. The van der Waals surface area contributed by atoms with Gasteiger partial charge in [0.25, 0.3) is 0 Å². The third kappa shape index (κ3) is 1.50. The number of pyridine rings is 1. The quantitative estimate of drug-likeness (QED) is 0.821. The summed E-state index contributed by atoms with van der Waals surface area (Å²) in [6.07, 6.45) is 3.56. The van der Waals surface area contributed by atoms with Crippen LogP contribution in [0.1, 0.15) is 18.9 Å². The summed E-state index contributed by atoms with van der Waals surface area (Å²) in [5.74, 6) is -2.32. The fraction of sp³-hybridized carbons (Fsp3) is 0.308. The Hall–Kier alpha value is -1.91. The largest absolute Gasteiger partial charge is 0.491 e. The average molecular weight is 251 g/mol. The fourth-order valence-electron chi connectivity index (χ4n) is 2.19. The van der Waals surface area contributed by atoms with Crippen LogP contribution in [-0.4, -0.2) is 11.7 Å². The monoisotopic (exact) mass is 251 g/mol. The van der Waals surface area contributed by atoms with Gasteiger partial charge in [0.2, 0.25) is 5.82 Å². The van der Waals surface area contributed by atoms with Crippen LogP contribution in [0, 0.1) is 11.6 Å². The highest BCUT2D eigenvalue weighted by atomic mass is 19.2. The van der Waals surface area contributed by atoms with E-state index < -0.39 is 11.6 Å². The van der Waals surface area contributed by atoms with Crippen LogP contribution in [0.3, 0.4) is 0 Å². The summed E-state index contributed by atoms with van der Waals surface area (Å²) in [6, 6.07) is 2.55. The first-order valence-electron chi connectivity index (χ1n) is 5.70. The van der Waals surface area contributed by atoms with Gasteiger partial charge in [-0.3, -0.25) is 4.79 Å². The van der Waals surface area contributed by atoms with Gasteiger partial charge in [-0.2, -0.15) is 4.39 Å². The Bertz CT molecular complexity index is 689. The van der Waals surface area contributed by atoms with Crippen LogP contribution in [0.25, 0.3) is 10.9 Å². The topological polar surface area (TPSA) is 31.2 Å². The van der Waals surface area contributed by atoms with Gasteiger partial charge in [0.1, 0.15) is 0 Å². The highest BCUT2D eigenvalue weighted by molar-refractivity contribution is 5.85. The standard InChI is InChI=1S/C13H11F2NO2/c1-18-13-11(15)9(14)6-8-10(17)4-5-16(12(8)13)7-2-3-7/h4-7H,2-3H2,1H3. The smallest absolute Gasteiger partial charge is 0.202 e. The van der Waals surface area contributed by atoms with E-state index in [9.17, 15) is 13.6 Å². The molecule has 0 amide bonds. The second-order valence-electron chi connectivity index (χ2n) is 4.42. The van der Waals surface area contributed by atoms with E-state index >= 15 is 0 Å². The number of benzene rings is 1. The van der Waals surface area contributed by atoms with Crippen molar-refractivity contribution in [1.82, 2.24) is 4.57 Å². The van der Waals surface area contributed by atoms with Crippen LogP contribution in [0.2, 0.25) is 0 Å². The molecule has 1 heterocycles. The molecule has 1 aliphatic rings. The predicted octanol–water partition coefficient (Wildman–Crippen LogP) is 2.62. The number of hydrogen-bond donors (Lipinski definition) is 0. The molecule has 0 atom stereocenters. The molecule has 1 fully saturated rings. The minimum Gasteiger partial charge on any atom is -0.491 e. The molecule has 1 aromatic heterocycles. The van der Waals surface area contributed by atoms with Crippen molar-refractivity contribution in [3.63, 3.8) is 0 Å². The van der Waals surface area contributed by atoms with Gasteiger partial charge < -0.3 is 9.30 Å². The lowest BCUT2D eigenvalue weighted by atomic mass is 10.1. The van der Waals surface area contributed by atoms with E-state index in [-0.39, 0.29) is 22.6 Å².